The van der Waals surface area contributed by atoms with Crippen LogP contribution in [0.2, 0.25) is 5.02 Å². The van der Waals surface area contributed by atoms with Crippen LogP contribution in [0.15, 0.2) is 35.8 Å². The van der Waals surface area contributed by atoms with Crippen LogP contribution in [0.3, 0.4) is 0 Å². The van der Waals surface area contributed by atoms with Gasteiger partial charge in [-0.05, 0) is 23.6 Å². The number of nitrogens with two attached hydrogens (primary N) is 1. The smallest absolute Gasteiger partial charge is 0.137 e. The number of thiophene rings is 1. The summed E-state index contributed by atoms with van der Waals surface area (Å²) >= 11 is 12.7. The van der Waals surface area contributed by atoms with E-state index >= 15 is 0 Å². The van der Waals surface area contributed by atoms with Gasteiger partial charge in [0.05, 0.1) is 20.6 Å². The quantitative estimate of drug-likeness (QED) is 0.753. The Kier molecular flexibility index (Phi) is 3.26. The van der Waals surface area contributed by atoms with Crippen molar-refractivity contribution in [3.05, 3.63) is 46.6 Å². The number of fused-ring (bicyclic) bond motifs is 1. The fourth-order valence-corrected chi connectivity index (χ4v) is 3.05. The standard InChI is InChI=1S/C13H10ClN3S2/c14-8-3-4-12-16-13(10-2-1-5-19-10)9(6-11(15)18)17(12)7-8/h1-5,7H,6H2,(H2,15,18). The van der Waals surface area contributed by atoms with Gasteiger partial charge in [-0.1, -0.05) is 29.9 Å². The zero-order valence-electron chi connectivity index (χ0n) is 9.84. The van der Waals surface area contributed by atoms with E-state index in [2.05, 4.69) is 4.98 Å². The molecule has 0 spiro atoms. The molecule has 3 heterocycles. The molecule has 0 aliphatic carbocycles. The third-order valence-electron chi connectivity index (χ3n) is 2.78. The maximum Gasteiger partial charge on any atom is 0.137 e. The summed E-state index contributed by atoms with van der Waals surface area (Å²) in [5.41, 5.74) is 8.44. The van der Waals surface area contributed by atoms with E-state index in [1.807, 2.05) is 40.2 Å². The van der Waals surface area contributed by atoms with Gasteiger partial charge in [0.25, 0.3) is 0 Å². The van der Waals surface area contributed by atoms with E-state index in [0.29, 0.717) is 16.4 Å². The van der Waals surface area contributed by atoms with E-state index in [4.69, 9.17) is 29.6 Å². The van der Waals surface area contributed by atoms with Crippen LogP contribution in [0.25, 0.3) is 16.2 Å². The van der Waals surface area contributed by atoms with Gasteiger partial charge in [0, 0.05) is 12.6 Å². The second-order valence-electron chi connectivity index (χ2n) is 4.10. The van der Waals surface area contributed by atoms with Crippen molar-refractivity contribution in [2.45, 2.75) is 6.42 Å². The molecule has 0 amide bonds. The van der Waals surface area contributed by atoms with Crippen LogP contribution >= 0.6 is 35.2 Å². The van der Waals surface area contributed by atoms with Crippen molar-refractivity contribution in [3.63, 3.8) is 0 Å². The predicted molar refractivity (Wildman–Crippen MR) is 84.0 cm³/mol. The molecule has 3 aromatic rings. The Morgan fingerprint density at radius 2 is 2.26 bits per heavy atom. The van der Waals surface area contributed by atoms with E-state index in [1.54, 1.807) is 11.3 Å². The molecule has 96 valence electrons. The molecular formula is C13H10ClN3S2. The lowest BCUT2D eigenvalue weighted by molar-refractivity contribution is 1.07. The monoisotopic (exact) mass is 307 g/mol. The lowest BCUT2D eigenvalue weighted by atomic mass is 10.2. The molecule has 3 nitrogen and oxygen atoms in total. The normalized spacial score (nSPS) is 11.0. The van der Waals surface area contributed by atoms with Crippen LogP contribution < -0.4 is 5.73 Å². The van der Waals surface area contributed by atoms with Gasteiger partial charge in [-0.2, -0.15) is 0 Å². The van der Waals surface area contributed by atoms with Gasteiger partial charge in [-0.15, -0.1) is 11.3 Å². The van der Waals surface area contributed by atoms with Crippen LogP contribution in [0.4, 0.5) is 0 Å². The van der Waals surface area contributed by atoms with Crippen molar-refractivity contribution in [1.29, 1.82) is 0 Å². The van der Waals surface area contributed by atoms with Gasteiger partial charge in [0.2, 0.25) is 0 Å². The molecule has 3 rings (SSSR count). The van der Waals surface area contributed by atoms with Crippen LogP contribution in [-0.2, 0) is 6.42 Å². The topological polar surface area (TPSA) is 43.3 Å². The summed E-state index contributed by atoms with van der Waals surface area (Å²) < 4.78 is 1.95. The van der Waals surface area contributed by atoms with Crippen LogP contribution in [0.1, 0.15) is 5.69 Å². The van der Waals surface area contributed by atoms with Crippen molar-refractivity contribution < 1.29 is 0 Å². The average Bonchev–Trinajstić information content (AvgIpc) is 2.97. The predicted octanol–water partition coefficient (Wildman–Crippen LogP) is 3.54. The van der Waals surface area contributed by atoms with E-state index in [9.17, 15) is 0 Å². The molecule has 0 radical (unpaired) electrons. The molecule has 19 heavy (non-hydrogen) atoms. The van der Waals surface area contributed by atoms with Crippen molar-refractivity contribution in [2.24, 2.45) is 5.73 Å². The molecule has 0 unspecified atom stereocenters. The first-order chi connectivity index (χ1) is 9.15. The van der Waals surface area contributed by atoms with Crippen molar-refractivity contribution in [2.75, 3.05) is 0 Å². The molecule has 0 aliphatic heterocycles. The molecule has 0 saturated carbocycles. The number of imidazole rings is 1. The maximum absolute atomic E-state index is 6.05. The average molecular weight is 308 g/mol. The van der Waals surface area contributed by atoms with Gasteiger partial charge >= 0.3 is 0 Å². The van der Waals surface area contributed by atoms with Crippen molar-refractivity contribution in [1.82, 2.24) is 9.38 Å². The Hall–Kier alpha value is -1.43. The van der Waals surface area contributed by atoms with Gasteiger partial charge in [-0.25, -0.2) is 4.98 Å². The number of aromatic nitrogens is 2. The number of hydrogen-bond donors (Lipinski definition) is 1. The first-order valence-corrected chi connectivity index (χ1v) is 7.30. The Labute approximate surface area is 124 Å². The van der Waals surface area contributed by atoms with Crippen molar-refractivity contribution >= 4 is 45.8 Å². The Morgan fingerprint density at radius 1 is 1.42 bits per heavy atom. The van der Waals surface area contributed by atoms with Crippen LogP contribution in [0, 0.1) is 0 Å². The minimum Gasteiger partial charge on any atom is -0.393 e. The maximum atomic E-state index is 6.05. The molecule has 0 fully saturated rings. The summed E-state index contributed by atoms with van der Waals surface area (Å²) in [5.74, 6) is 0. The van der Waals surface area contributed by atoms with Crippen molar-refractivity contribution in [3.8, 4) is 10.6 Å². The Bertz CT molecular complexity index is 747. The lowest BCUT2D eigenvalue weighted by Crippen LogP contribution is -2.13. The fourth-order valence-electron chi connectivity index (χ4n) is 2.01. The highest BCUT2D eigenvalue weighted by Crippen LogP contribution is 2.29. The van der Waals surface area contributed by atoms with E-state index in [-0.39, 0.29) is 0 Å². The highest BCUT2D eigenvalue weighted by atomic mass is 35.5. The van der Waals surface area contributed by atoms with E-state index in [0.717, 1.165) is 21.9 Å². The zero-order chi connectivity index (χ0) is 13.4. The number of pyridine rings is 1. The van der Waals surface area contributed by atoms with E-state index in [1.165, 1.54) is 0 Å². The number of hydrogen-bond acceptors (Lipinski definition) is 3. The summed E-state index contributed by atoms with van der Waals surface area (Å²) in [6.07, 6.45) is 2.35. The minimum absolute atomic E-state index is 0.444. The summed E-state index contributed by atoms with van der Waals surface area (Å²) in [6, 6.07) is 7.76. The number of nitrogens with zero attached hydrogens (tertiary/aromatic N) is 2. The van der Waals surface area contributed by atoms with E-state index < -0.39 is 0 Å². The first-order valence-electron chi connectivity index (χ1n) is 5.64. The molecule has 6 heteroatoms. The summed E-state index contributed by atoms with van der Waals surface area (Å²) in [5, 5.41) is 2.68. The second-order valence-corrected chi connectivity index (χ2v) is 6.01. The highest BCUT2D eigenvalue weighted by Gasteiger charge is 2.15. The van der Waals surface area contributed by atoms with Crippen LogP contribution in [-0.4, -0.2) is 14.4 Å². The van der Waals surface area contributed by atoms with Gasteiger partial charge in [0.15, 0.2) is 0 Å². The molecule has 0 saturated heterocycles. The molecule has 0 atom stereocenters. The fraction of sp³-hybridized carbons (Fsp3) is 0.0769. The molecule has 2 N–H and O–H groups in total. The third-order valence-corrected chi connectivity index (χ3v) is 4.02. The van der Waals surface area contributed by atoms with Crippen LogP contribution in [0.5, 0.6) is 0 Å². The molecule has 0 bridgehead atoms. The van der Waals surface area contributed by atoms with Gasteiger partial charge in [0.1, 0.15) is 11.3 Å². The summed E-state index contributed by atoms with van der Waals surface area (Å²) in [6.45, 7) is 0. The molecular weight excluding hydrogens is 298 g/mol. The Balaban J connectivity index is 2.28. The lowest BCUT2D eigenvalue weighted by Gasteiger charge is -2.03. The highest BCUT2D eigenvalue weighted by molar-refractivity contribution is 7.80. The van der Waals surface area contributed by atoms with Gasteiger partial charge < -0.3 is 10.1 Å². The number of rotatable bonds is 3. The largest absolute Gasteiger partial charge is 0.393 e. The summed E-state index contributed by atoms with van der Waals surface area (Å²) in [7, 11) is 0. The second kappa shape index (κ2) is 4.92. The molecule has 0 aliphatic rings. The summed E-state index contributed by atoms with van der Waals surface area (Å²) in [4.78, 5) is 6.20. The SMILES string of the molecule is NC(=S)Cc1c(-c2cccs2)nc2ccc(Cl)cn12. The number of halogens is 1. The number of thiocarbonyl (C=S) groups is 1. The molecule has 0 aromatic carbocycles. The zero-order valence-corrected chi connectivity index (χ0v) is 12.2. The molecule has 3 aromatic heterocycles. The minimum atomic E-state index is 0.444. The van der Waals surface area contributed by atoms with Gasteiger partial charge in [-0.3, -0.25) is 0 Å². The first kappa shape index (κ1) is 12.6. The third kappa shape index (κ3) is 2.36. The Morgan fingerprint density at radius 3 is 2.95 bits per heavy atom.